The van der Waals surface area contributed by atoms with E-state index in [2.05, 4.69) is 11.8 Å². The van der Waals surface area contributed by atoms with Crippen LogP contribution in [-0.2, 0) is 4.74 Å². The van der Waals surface area contributed by atoms with Crippen LogP contribution in [0.4, 0.5) is 0 Å². The van der Waals surface area contributed by atoms with Gasteiger partial charge in [0.2, 0.25) is 0 Å². The Balaban J connectivity index is 2.00. The summed E-state index contributed by atoms with van der Waals surface area (Å²) >= 11 is 5.51. The number of hydrogen-bond acceptors (Lipinski definition) is 2. The van der Waals surface area contributed by atoms with Gasteiger partial charge in [-0.15, -0.1) is 11.6 Å². The van der Waals surface area contributed by atoms with Crippen LogP contribution in [0.3, 0.4) is 0 Å². The standard InChI is InChI=1S/C10H20ClNO/c1-2-6-12(10-3-4-10)7-9-13-8-5-11/h10H,2-9H2,1H3. The summed E-state index contributed by atoms with van der Waals surface area (Å²) in [5, 5.41) is 0. The third-order valence-corrected chi connectivity index (χ3v) is 2.47. The summed E-state index contributed by atoms with van der Waals surface area (Å²) in [7, 11) is 0. The van der Waals surface area contributed by atoms with Crippen LogP contribution in [-0.4, -0.2) is 43.1 Å². The Bertz CT molecular complexity index is 128. The minimum atomic E-state index is 0.608. The zero-order chi connectivity index (χ0) is 9.52. The maximum Gasteiger partial charge on any atom is 0.0602 e. The fourth-order valence-electron chi connectivity index (χ4n) is 1.54. The molecule has 1 aliphatic carbocycles. The second kappa shape index (κ2) is 6.63. The third-order valence-electron chi connectivity index (χ3n) is 2.32. The predicted molar refractivity (Wildman–Crippen MR) is 56.4 cm³/mol. The van der Waals surface area contributed by atoms with Gasteiger partial charge in [-0.05, 0) is 25.8 Å². The van der Waals surface area contributed by atoms with Crippen molar-refractivity contribution in [3.05, 3.63) is 0 Å². The highest BCUT2D eigenvalue weighted by molar-refractivity contribution is 6.17. The zero-order valence-electron chi connectivity index (χ0n) is 8.47. The summed E-state index contributed by atoms with van der Waals surface area (Å²) in [4.78, 5) is 2.54. The second-order valence-corrected chi connectivity index (χ2v) is 3.95. The van der Waals surface area contributed by atoms with Crippen molar-refractivity contribution in [1.29, 1.82) is 0 Å². The van der Waals surface area contributed by atoms with Gasteiger partial charge in [-0.3, -0.25) is 4.90 Å². The summed E-state index contributed by atoms with van der Waals surface area (Å²) in [6.45, 7) is 6.05. The molecule has 0 aliphatic heterocycles. The van der Waals surface area contributed by atoms with Crippen molar-refractivity contribution in [2.75, 3.05) is 32.2 Å². The lowest BCUT2D eigenvalue weighted by molar-refractivity contribution is 0.111. The monoisotopic (exact) mass is 205 g/mol. The quantitative estimate of drug-likeness (QED) is 0.445. The molecule has 0 N–H and O–H groups in total. The van der Waals surface area contributed by atoms with Crippen molar-refractivity contribution in [2.45, 2.75) is 32.2 Å². The smallest absolute Gasteiger partial charge is 0.0602 e. The van der Waals surface area contributed by atoms with Crippen LogP contribution in [0.5, 0.6) is 0 Å². The first-order chi connectivity index (χ1) is 6.38. The number of rotatable bonds is 8. The Kier molecular flexibility index (Phi) is 5.76. The van der Waals surface area contributed by atoms with Crippen molar-refractivity contribution in [3.63, 3.8) is 0 Å². The Hall–Kier alpha value is 0.210. The maximum atomic E-state index is 5.51. The van der Waals surface area contributed by atoms with Gasteiger partial charge in [0.1, 0.15) is 0 Å². The summed E-state index contributed by atoms with van der Waals surface area (Å²) in [6, 6.07) is 0.861. The SMILES string of the molecule is CCCN(CCOCCCl)C1CC1. The molecular weight excluding hydrogens is 186 g/mol. The number of halogens is 1. The zero-order valence-corrected chi connectivity index (χ0v) is 9.22. The van der Waals surface area contributed by atoms with E-state index < -0.39 is 0 Å². The van der Waals surface area contributed by atoms with E-state index in [9.17, 15) is 0 Å². The molecule has 1 rings (SSSR count). The maximum absolute atomic E-state index is 5.51. The van der Waals surface area contributed by atoms with E-state index >= 15 is 0 Å². The molecule has 0 saturated heterocycles. The highest BCUT2D eigenvalue weighted by Crippen LogP contribution is 2.26. The largest absolute Gasteiger partial charge is 0.379 e. The van der Waals surface area contributed by atoms with E-state index in [1.165, 1.54) is 25.8 Å². The normalized spacial score (nSPS) is 16.8. The topological polar surface area (TPSA) is 12.5 Å². The van der Waals surface area contributed by atoms with Crippen molar-refractivity contribution in [2.24, 2.45) is 0 Å². The molecule has 0 aromatic carbocycles. The van der Waals surface area contributed by atoms with Crippen LogP contribution in [0.25, 0.3) is 0 Å². The van der Waals surface area contributed by atoms with Gasteiger partial charge in [-0.25, -0.2) is 0 Å². The molecule has 0 heterocycles. The minimum absolute atomic E-state index is 0.608. The van der Waals surface area contributed by atoms with Crippen molar-refractivity contribution in [3.8, 4) is 0 Å². The fraction of sp³-hybridized carbons (Fsp3) is 1.00. The highest BCUT2D eigenvalue weighted by Gasteiger charge is 2.27. The molecule has 1 fully saturated rings. The molecular formula is C10H20ClNO. The van der Waals surface area contributed by atoms with Crippen LogP contribution in [0.1, 0.15) is 26.2 Å². The molecule has 0 spiro atoms. The Labute approximate surface area is 86.2 Å². The van der Waals surface area contributed by atoms with Crippen molar-refractivity contribution >= 4 is 11.6 Å². The summed E-state index contributed by atoms with van der Waals surface area (Å²) in [5.41, 5.74) is 0. The molecule has 0 amide bonds. The number of hydrogen-bond donors (Lipinski definition) is 0. The van der Waals surface area contributed by atoms with Gasteiger partial charge in [0, 0.05) is 18.5 Å². The third kappa shape index (κ3) is 4.84. The summed E-state index contributed by atoms with van der Waals surface area (Å²) in [5.74, 6) is 0.608. The van der Waals surface area contributed by atoms with Crippen molar-refractivity contribution in [1.82, 2.24) is 4.90 Å². The fourth-order valence-corrected chi connectivity index (χ4v) is 1.65. The van der Waals surface area contributed by atoms with Gasteiger partial charge in [0.25, 0.3) is 0 Å². The Morgan fingerprint density at radius 1 is 1.31 bits per heavy atom. The van der Waals surface area contributed by atoms with Gasteiger partial charge in [0.05, 0.1) is 13.2 Å². The van der Waals surface area contributed by atoms with Gasteiger partial charge < -0.3 is 4.74 Å². The minimum Gasteiger partial charge on any atom is -0.379 e. The van der Waals surface area contributed by atoms with E-state index in [1.807, 2.05) is 0 Å². The lowest BCUT2D eigenvalue weighted by atomic mass is 10.4. The first-order valence-corrected chi connectivity index (χ1v) is 5.79. The summed E-state index contributed by atoms with van der Waals surface area (Å²) < 4.78 is 5.36. The number of ether oxygens (including phenoxy) is 1. The molecule has 2 nitrogen and oxygen atoms in total. The average molecular weight is 206 g/mol. The molecule has 0 unspecified atom stereocenters. The molecule has 3 heteroatoms. The van der Waals surface area contributed by atoms with Gasteiger partial charge >= 0.3 is 0 Å². The van der Waals surface area contributed by atoms with Crippen molar-refractivity contribution < 1.29 is 4.74 Å². The van der Waals surface area contributed by atoms with Crippen LogP contribution in [0.15, 0.2) is 0 Å². The molecule has 1 aliphatic rings. The molecule has 1 saturated carbocycles. The molecule has 0 aromatic rings. The first-order valence-electron chi connectivity index (χ1n) is 5.26. The van der Waals surface area contributed by atoms with Gasteiger partial charge in [-0.2, -0.15) is 0 Å². The van der Waals surface area contributed by atoms with E-state index in [0.29, 0.717) is 12.5 Å². The highest BCUT2D eigenvalue weighted by atomic mass is 35.5. The average Bonchev–Trinajstić information content (AvgIpc) is 2.93. The number of alkyl halides is 1. The Morgan fingerprint density at radius 2 is 2.08 bits per heavy atom. The van der Waals surface area contributed by atoms with Gasteiger partial charge in [-0.1, -0.05) is 6.92 Å². The summed E-state index contributed by atoms with van der Waals surface area (Å²) in [6.07, 6.45) is 4.01. The van der Waals surface area contributed by atoms with E-state index in [-0.39, 0.29) is 0 Å². The van der Waals surface area contributed by atoms with Crippen LogP contribution in [0.2, 0.25) is 0 Å². The van der Waals surface area contributed by atoms with E-state index in [4.69, 9.17) is 16.3 Å². The lowest BCUT2D eigenvalue weighted by Gasteiger charge is -2.20. The molecule has 0 bridgehead atoms. The van der Waals surface area contributed by atoms with E-state index in [1.54, 1.807) is 0 Å². The molecule has 78 valence electrons. The molecule has 0 radical (unpaired) electrons. The Morgan fingerprint density at radius 3 is 2.62 bits per heavy atom. The molecule has 0 aromatic heterocycles. The lowest BCUT2D eigenvalue weighted by Crippen LogP contribution is -2.30. The number of nitrogens with zero attached hydrogens (tertiary/aromatic N) is 1. The van der Waals surface area contributed by atoms with Crippen LogP contribution >= 0.6 is 11.6 Å². The van der Waals surface area contributed by atoms with Gasteiger partial charge in [0.15, 0.2) is 0 Å². The van der Waals surface area contributed by atoms with E-state index in [0.717, 1.165) is 19.2 Å². The second-order valence-electron chi connectivity index (χ2n) is 3.57. The first kappa shape index (κ1) is 11.3. The molecule has 13 heavy (non-hydrogen) atoms. The van der Waals surface area contributed by atoms with Crippen LogP contribution < -0.4 is 0 Å². The molecule has 0 atom stereocenters. The van der Waals surface area contributed by atoms with Crippen LogP contribution in [0, 0.1) is 0 Å². The predicted octanol–water partition coefficient (Wildman–Crippen LogP) is 2.12.